The highest BCUT2D eigenvalue weighted by Gasteiger charge is 2.29. The largest absolute Gasteiger partial charge is 0.352 e. The molecule has 3 nitrogen and oxygen atoms in total. The number of rotatable bonds is 7. The fourth-order valence-electron chi connectivity index (χ4n) is 2.77. The van der Waals surface area contributed by atoms with Crippen molar-refractivity contribution in [3.8, 4) is 0 Å². The Kier molecular flexibility index (Phi) is 6.13. The van der Waals surface area contributed by atoms with E-state index in [-0.39, 0.29) is 18.0 Å². The molecule has 0 radical (unpaired) electrons. The van der Waals surface area contributed by atoms with Gasteiger partial charge in [-0.25, -0.2) is 0 Å². The van der Waals surface area contributed by atoms with Gasteiger partial charge in [-0.05, 0) is 38.5 Å². The number of hydrogen-bond acceptors (Lipinski definition) is 2. The molecule has 18 heavy (non-hydrogen) atoms. The molecule has 0 aliphatic heterocycles. The Balaban J connectivity index is 2.27. The van der Waals surface area contributed by atoms with Gasteiger partial charge in [0.15, 0.2) is 0 Å². The third-order valence-electron chi connectivity index (χ3n) is 4.15. The van der Waals surface area contributed by atoms with Gasteiger partial charge in [-0.15, -0.1) is 0 Å². The maximum absolute atomic E-state index is 12.0. The van der Waals surface area contributed by atoms with Crippen LogP contribution in [0, 0.1) is 5.41 Å². The summed E-state index contributed by atoms with van der Waals surface area (Å²) >= 11 is 0. The lowest BCUT2D eigenvalue weighted by atomic mass is 9.88. The lowest BCUT2D eigenvalue weighted by molar-refractivity contribution is -0.123. The molecule has 1 rings (SSSR count). The van der Waals surface area contributed by atoms with Crippen molar-refractivity contribution in [2.45, 2.75) is 78.3 Å². The Morgan fingerprint density at radius 1 is 1.28 bits per heavy atom. The molecule has 1 aliphatic carbocycles. The van der Waals surface area contributed by atoms with E-state index < -0.39 is 0 Å². The second kappa shape index (κ2) is 7.13. The van der Waals surface area contributed by atoms with Crippen LogP contribution in [0.2, 0.25) is 0 Å². The topological polar surface area (TPSA) is 41.1 Å². The summed E-state index contributed by atoms with van der Waals surface area (Å²) in [5.41, 5.74) is 0.406. The second-order valence-electron chi connectivity index (χ2n) is 6.32. The number of amides is 1. The van der Waals surface area contributed by atoms with Gasteiger partial charge in [-0.1, -0.05) is 33.1 Å². The van der Waals surface area contributed by atoms with Crippen molar-refractivity contribution in [1.82, 2.24) is 10.6 Å². The fourth-order valence-corrected chi connectivity index (χ4v) is 2.77. The summed E-state index contributed by atoms with van der Waals surface area (Å²) in [6.45, 7) is 9.48. The van der Waals surface area contributed by atoms with Crippen molar-refractivity contribution in [3.05, 3.63) is 0 Å². The molecule has 106 valence electrons. The van der Waals surface area contributed by atoms with Crippen LogP contribution in [0.4, 0.5) is 0 Å². The van der Waals surface area contributed by atoms with Crippen molar-refractivity contribution in [3.63, 3.8) is 0 Å². The Labute approximate surface area is 112 Å². The first-order valence-corrected chi connectivity index (χ1v) is 7.50. The Morgan fingerprint density at radius 2 is 1.89 bits per heavy atom. The van der Waals surface area contributed by atoms with E-state index in [1.807, 2.05) is 6.92 Å². The van der Waals surface area contributed by atoms with E-state index in [9.17, 15) is 4.79 Å². The van der Waals surface area contributed by atoms with Crippen LogP contribution in [-0.4, -0.2) is 24.5 Å². The van der Waals surface area contributed by atoms with E-state index in [4.69, 9.17) is 0 Å². The third-order valence-corrected chi connectivity index (χ3v) is 4.15. The predicted molar refractivity (Wildman–Crippen MR) is 76.6 cm³/mol. The van der Waals surface area contributed by atoms with Crippen LogP contribution in [0.3, 0.4) is 0 Å². The molecule has 1 amide bonds. The lowest BCUT2D eigenvalue weighted by Gasteiger charge is -2.26. The van der Waals surface area contributed by atoms with Crippen LogP contribution in [0.25, 0.3) is 0 Å². The molecule has 0 bridgehead atoms. The number of hydrogen-bond donors (Lipinski definition) is 2. The second-order valence-corrected chi connectivity index (χ2v) is 6.32. The Hall–Kier alpha value is -0.570. The number of carbonyl (C=O) groups excluding carboxylic acids is 1. The van der Waals surface area contributed by atoms with E-state index in [1.54, 1.807) is 0 Å². The smallest absolute Gasteiger partial charge is 0.237 e. The zero-order valence-electron chi connectivity index (χ0n) is 12.5. The van der Waals surface area contributed by atoms with Gasteiger partial charge in [0.2, 0.25) is 5.91 Å². The molecule has 2 unspecified atom stereocenters. The van der Waals surface area contributed by atoms with Crippen molar-refractivity contribution < 1.29 is 4.79 Å². The molecule has 0 heterocycles. The number of carbonyl (C=O) groups is 1. The van der Waals surface area contributed by atoms with Crippen LogP contribution in [0.1, 0.15) is 66.2 Å². The molecule has 0 saturated heterocycles. The Morgan fingerprint density at radius 3 is 2.44 bits per heavy atom. The van der Waals surface area contributed by atoms with Gasteiger partial charge in [0, 0.05) is 12.6 Å². The molecule has 0 aromatic rings. The first kappa shape index (κ1) is 15.5. The summed E-state index contributed by atoms with van der Waals surface area (Å²) in [5, 5.41) is 6.47. The Bertz CT molecular complexity index is 259. The summed E-state index contributed by atoms with van der Waals surface area (Å²) in [4.78, 5) is 12.0. The molecule has 0 aromatic heterocycles. The monoisotopic (exact) mass is 254 g/mol. The molecule has 2 N–H and O–H groups in total. The predicted octanol–water partition coefficient (Wildman–Crippen LogP) is 2.85. The van der Waals surface area contributed by atoms with Crippen LogP contribution in [0.5, 0.6) is 0 Å². The van der Waals surface area contributed by atoms with Gasteiger partial charge in [-0.2, -0.15) is 0 Å². The van der Waals surface area contributed by atoms with Crippen molar-refractivity contribution >= 4 is 5.91 Å². The fraction of sp³-hybridized carbons (Fsp3) is 0.933. The maximum Gasteiger partial charge on any atom is 0.237 e. The zero-order chi connectivity index (χ0) is 13.6. The van der Waals surface area contributed by atoms with Crippen molar-refractivity contribution in [2.75, 3.05) is 6.54 Å². The molecule has 1 fully saturated rings. The number of nitrogens with one attached hydrogen (secondary N) is 2. The van der Waals surface area contributed by atoms with Crippen LogP contribution < -0.4 is 10.6 Å². The summed E-state index contributed by atoms with van der Waals surface area (Å²) in [5.74, 6) is 0.137. The maximum atomic E-state index is 12.0. The molecular weight excluding hydrogens is 224 g/mol. The van der Waals surface area contributed by atoms with Gasteiger partial charge >= 0.3 is 0 Å². The zero-order valence-corrected chi connectivity index (χ0v) is 12.5. The van der Waals surface area contributed by atoms with E-state index in [0.29, 0.717) is 5.41 Å². The minimum absolute atomic E-state index is 0.0817. The van der Waals surface area contributed by atoms with E-state index in [0.717, 1.165) is 19.4 Å². The lowest BCUT2D eigenvalue weighted by Crippen LogP contribution is -2.47. The van der Waals surface area contributed by atoms with Crippen LogP contribution in [-0.2, 0) is 4.79 Å². The normalized spacial score (nSPS) is 21.6. The molecule has 1 saturated carbocycles. The summed E-state index contributed by atoms with van der Waals surface area (Å²) in [7, 11) is 0. The molecule has 2 atom stereocenters. The van der Waals surface area contributed by atoms with E-state index >= 15 is 0 Å². The minimum atomic E-state index is -0.0817. The standard InChI is InChI=1S/C15H30N2O/c1-5-8-12(2)17-14(18)13(3)16-11-15(4)9-6-7-10-15/h12-13,16H,5-11H2,1-4H3,(H,17,18). The van der Waals surface area contributed by atoms with Gasteiger partial charge in [0.25, 0.3) is 0 Å². The average Bonchev–Trinajstić information content (AvgIpc) is 2.74. The highest BCUT2D eigenvalue weighted by Crippen LogP contribution is 2.36. The third kappa shape index (κ3) is 4.97. The SMILES string of the molecule is CCCC(C)NC(=O)C(C)NCC1(C)CCCC1. The quantitative estimate of drug-likeness (QED) is 0.733. The average molecular weight is 254 g/mol. The van der Waals surface area contributed by atoms with Crippen molar-refractivity contribution in [1.29, 1.82) is 0 Å². The van der Waals surface area contributed by atoms with E-state index in [2.05, 4.69) is 31.4 Å². The minimum Gasteiger partial charge on any atom is -0.352 e. The molecule has 3 heteroatoms. The highest BCUT2D eigenvalue weighted by atomic mass is 16.2. The molecular formula is C15H30N2O. The molecule has 0 aromatic carbocycles. The van der Waals surface area contributed by atoms with Gasteiger partial charge in [0.05, 0.1) is 6.04 Å². The van der Waals surface area contributed by atoms with Crippen LogP contribution in [0.15, 0.2) is 0 Å². The van der Waals surface area contributed by atoms with Crippen molar-refractivity contribution in [2.24, 2.45) is 5.41 Å². The summed E-state index contributed by atoms with van der Waals surface area (Å²) < 4.78 is 0. The van der Waals surface area contributed by atoms with Crippen LogP contribution >= 0.6 is 0 Å². The molecule has 1 aliphatic rings. The summed E-state index contributed by atoms with van der Waals surface area (Å²) in [6, 6.07) is 0.204. The summed E-state index contributed by atoms with van der Waals surface area (Å²) in [6.07, 6.45) is 7.43. The van der Waals surface area contributed by atoms with Gasteiger partial charge < -0.3 is 10.6 Å². The van der Waals surface area contributed by atoms with Gasteiger partial charge in [-0.3, -0.25) is 4.79 Å². The highest BCUT2D eigenvalue weighted by molar-refractivity contribution is 5.81. The van der Waals surface area contributed by atoms with Gasteiger partial charge in [0.1, 0.15) is 0 Å². The molecule has 0 spiro atoms. The van der Waals surface area contributed by atoms with E-state index in [1.165, 1.54) is 25.7 Å². The first-order chi connectivity index (χ1) is 8.47. The first-order valence-electron chi connectivity index (χ1n) is 7.50.